The predicted molar refractivity (Wildman–Crippen MR) is 252 cm³/mol. The molecule has 0 fully saturated rings. The molecule has 294 valence electrons. The van der Waals surface area contributed by atoms with Crippen molar-refractivity contribution in [2.24, 2.45) is 0 Å². The van der Waals surface area contributed by atoms with Crippen molar-refractivity contribution in [2.45, 2.75) is 78.6 Å². The van der Waals surface area contributed by atoms with Gasteiger partial charge in [0.2, 0.25) is 0 Å². The summed E-state index contributed by atoms with van der Waals surface area (Å²) in [6.07, 6.45) is 0. The third kappa shape index (κ3) is 13.8. The quantitative estimate of drug-likeness (QED) is 0.130. The zero-order chi connectivity index (χ0) is 42.3. The molecule has 57 heavy (non-hydrogen) atoms. The van der Waals surface area contributed by atoms with Crippen molar-refractivity contribution in [3.05, 3.63) is 161 Å². The third-order valence-electron chi connectivity index (χ3n) is 8.73. The fourth-order valence-electron chi connectivity index (χ4n) is 5.39. The van der Waals surface area contributed by atoms with Gasteiger partial charge in [-0.1, -0.05) is 199 Å². The SMILES string of the molecule is CC(C)(C)c1ccc(-c2nc(-c3ccc(C(C)(C)C)cc3)nc(-c3cc(Br)cc(Br)c3)n2)cc1.O=C(Cl)c1cc(Br)cc(Br)c1.[C-]#[N+]c1ccc(C(C)(C)C)cc1. The molecule has 0 saturated heterocycles. The lowest BCUT2D eigenvalue weighted by Crippen LogP contribution is -2.10. The van der Waals surface area contributed by atoms with Gasteiger partial charge < -0.3 is 0 Å². The minimum absolute atomic E-state index is 0.0886. The van der Waals surface area contributed by atoms with Crippen LogP contribution in [0.1, 0.15) is 89.4 Å². The summed E-state index contributed by atoms with van der Waals surface area (Å²) in [7, 11) is 0. The van der Waals surface area contributed by atoms with Crippen LogP contribution in [0.5, 0.6) is 0 Å². The zero-order valence-corrected chi connectivity index (χ0v) is 40.6. The Morgan fingerprint density at radius 3 is 1.09 bits per heavy atom. The first-order valence-corrected chi connectivity index (χ1v) is 21.7. The maximum atomic E-state index is 10.7. The van der Waals surface area contributed by atoms with Crippen LogP contribution in [-0.2, 0) is 16.2 Å². The van der Waals surface area contributed by atoms with Crippen LogP contribution in [0.4, 0.5) is 5.69 Å². The van der Waals surface area contributed by atoms with Gasteiger partial charge in [-0.15, -0.1) is 0 Å². The molecule has 5 nitrogen and oxygen atoms in total. The highest BCUT2D eigenvalue weighted by Gasteiger charge is 2.18. The van der Waals surface area contributed by atoms with Crippen molar-refractivity contribution >= 4 is 86.3 Å². The number of carbonyl (C=O) groups is 1. The molecule has 0 aliphatic heterocycles. The maximum absolute atomic E-state index is 10.7. The number of hydrogen-bond donors (Lipinski definition) is 0. The van der Waals surface area contributed by atoms with Crippen molar-refractivity contribution in [3.63, 3.8) is 0 Å². The monoisotopic (exact) mass is 1030 g/mol. The van der Waals surface area contributed by atoms with Crippen molar-refractivity contribution in [1.82, 2.24) is 15.0 Å². The highest BCUT2D eigenvalue weighted by atomic mass is 79.9. The van der Waals surface area contributed by atoms with Crippen molar-refractivity contribution in [3.8, 4) is 34.2 Å². The van der Waals surface area contributed by atoms with Crippen molar-refractivity contribution in [2.75, 3.05) is 0 Å². The molecule has 0 bridgehead atoms. The number of aromatic nitrogens is 3. The Morgan fingerprint density at radius 2 is 0.789 bits per heavy atom. The number of rotatable bonds is 4. The highest BCUT2D eigenvalue weighted by molar-refractivity contribution is 9.11. The smallest absolute Gasteiger partial charge is 0.252 e. The number of benzene rings is 5. The average molecular weight is 1040 g/mol. The zero-order valence-electron chi connectivity index (χ0n) is 33.5. The van der Waals surface area contributed by atoms with Gasteiger partial charge >= 0.3 is 0 Å². The van der Waals surface area contributed by atoms with Gasteiger partial charge in [-0.3, -0.25) is 4.79 Å². The summed E-state index contributed by atoms with van der Waals surface area (Å²) in [6.45, 7) is 26.6. The second-order valence-electron chi connectivity index (χ2n) is 16.5. The Labute approximate surface area is 376 Å². The van der Waals surface area contributed by atoms with Crippen LogP contribution in [0, 0.1) is 6.57 Å². The topological polar surface area (TPSA) is 60.1 Å². The molecule has 0 saturated carbocycles. The van der Waals surface area contributed by atoms with E-state index in [1.807, 2.05) is 48.5 Å². The molecule has 1 heterocycles. The summed E-state index contributed by atoms with van der Waals surface area (Å²) < 4.78 is 3.58. The van der Waals surface area contributed by atoms with E-state index in [1.54, 1.807) is 12.1 Å². The molecule has 5 aromatic carbocycles. The molecular weight excluding hydrogens is 992 g/mol. The summed E-state index contributed by atoms with van der Waals surface area (Å²) in [6, 6.07) is 36.0. The van der Waals surface area contributed by atoms with E-state index in [9.17, 15) is 4.79 Å². The Morgan fingerprint density at radius 1 is 0.491 bits per heavy atom. The second kappa shape index (κ2) is 19.5. The highest BCUT2D eigenvalue weighted by Crippen LogP contribution is 2.32. The molecule has 0 radical (unpaired) electrons. The molecule has 6 rings (SSSR count). The first-order chi connectivity index (χ1) is 26.5. The molecule has 0 unspecified atom stereocenters. The minimum Gasteiger partial charge on any atom is -0.276 e. The summed E-state index contributed by atoms with van der Waals surface area (Å²) >= 11 is 18.9. The lowest BCUT2D eigenvalue weighted by atomic mass is 9.86. The van der Waals surface area contributed by atoms with Gasteiger partial charge in [0.1, 0.15) is 0 Å². The Balaban J connectivity index is 0.000000254. The molecule has 0 spiro atoms. The molecule has 6 aromatic rings. The van der Waals surface area contributed by atoms with E-state index in [0.717, 1.165) is 34.6 Å². The van der Waals surface area contributed by atoms with Crippen LogP contribution in [0.2, 0.25) is 0 Å². The first-order valence-electron chi connectivity index (χ1n) is 18.1. The van der Waals surface area contributed by atoms with Gasteiger partial charge in [0.25, 0.3) is 5.24 Å². The largest absolute Gasteiger partial charge is 0.276 e. The normalized spacial score (nSPS) is 11.4. The lowest BCUT2D eigenvalue weighted by molar-refractivity contribution is 0.108. The van der Waals surface area contributed by atoms with Gasteiger partial charge in [-0.05, 0) is 80.9 Å². The lowest BCUT2D eigenvalue weighted by Gasteiger charge is -2.19. The minimum atomic E-state index is -0.452. The molecule has 0 amide bonds. The van der Waals surface area contributed by atoms with E-state index in [4.69, 9.17) is 33.1 Å². The number of hydrogen-bond acceptors (Lipinski definition) is 4. The Hall–Kier alpha value is -3.52. The average Bonchev–Trinajstić information content (AvgIpc) is 3.13. The second-order valence-corrected chi connectivity index (χ2v) is 20.5. The predicted octanol–water partition coefficient (Wildman–Crippen LogP) is 16.1. The molecule has 0 atom stereocenters. The van der Waals surface area contributed by atoms with Crippen LogP contribution in [-0.4, -0.2) is 20.2 Å². The van der Waals surface area contributed by atoms with E-state index in [1.165, 1.54) is 16.7 Å². The van der Waals surface area contributed by atoms with Crippen molar-refractivity contribution in [1.29, 1.82) is 0 Å². The van der Waals surface area contributed by atoms with E-state index >= 15 is 0 Å². The first kappa shape index (κ1) is 46.2. The van der Waals surface area contributed by atoms with E-state index in [2.05, 4.69) is 179 Å². The van der Waals surface area contributed by atoms with Crippen LogP contribution in [0.3, 0.4) is 0 Å². The fraction of sp³-hybridized carbons (Fsp3) is 0.255. The van der Waals surface area contributed by atoms with E-state index < -0.39 is 5.24 Å². The number of nitrogens with zero attached hydrogens (tertiary/aromatic N) is 4. The molecule has 0 aliphatic carbocycles. The van der Waals surface area contributed by atoms with E-state index in [-0.39, 0.29) is 16.2 Å². The molecule has 0 N–H and O–H groups in total. The van der Waals surface area contributed by atoms with Crippen LogP contribution in [0.25, 0.3) is 39.0 Å². The summed E-state index contributed by atoms with van der Waals surface area (Å²) in [5.74, 6) is 1.97. The summed E-state index contributed by atoms with van der Waals surface area (Å²) in [5.41, 5.74) is 8.24. The van der Waals surface area contributed by atoms with E-state index in [0.29, 0.717) is 28.7 Å². The van der Waals surface area contributed by atoms with Gasteiger partial charge in [-0.2, -0.15) is 0 Å². The Bertz CT molecular complexity index is 2250. The number of carbonyl (C=O) groups excluding carboxylic acids is 1. The van der Waals surface area contributed by atoms with Crippen molar-refractivity contribution < 1.29 is 4.79 Å². The standard InChI is InChI=1S/C29H29Br2N3.C11H13N.C7H3Br2ClO/c1-28(2,3)21-11-7-18(8-12-21)25-32-26(19-9-13-22(14-10-19)29(4,5)6)34-27(33-25)20-15-23(30)17-24(31)16-20;1-11(2,3)9-5-7-10(12-4)8-6-9;8-5-1-4(7(10)11)2-6(9)3-5/h7-17H,1-6H3;5-8H,1-3H3;1-3H. The van der Waals surface area contributed by atoms with Gasteiger partial charge in [0, 0.05) is 40.1 Å². The van der Waals surface area contributed by atoms with Crippen LogP contribution >= 0.6 is 75.3 Å². The molecule has 1 aromatic heterocycles. The van der Waals surface area contributed by atoms with Gasteiger partial charge in [0.15, 0.2) is 23.2 Å². The number of halogens is 5. The van der Waals surface area contributed by atoms with Gasteiger partial charge in [-0.25, -0.2) is 19.8 Å². The Kier molecular flexibility index (Phi) is 15.8. The fourth-order valence-corrected chi connectivity index (χ4v) is 8.08. The van der Waals surface area contributed by atoms with Gasteiger partial charge in [0.05, 0.1) is 6.57 Å². The van der Waals surface area contributed by atoms with Crippen LogP contribution in [0.15, 0.2) is 127 Å². The molecular formula is C47H45Br4ClN4O. The maximum Gasteiger partial charge on any atom is 0.252 e. The molecule has 10 heteroatoms. The third-order valence-corrected chi connectivity index (χ3v) is 10.8. The summed E-state index contributed by atoms with van der Waals surface area (Å²) in [4.78, 5) is 28.6. The van der Waals surface area contributed by atoms with Crippen LogP contribution < -0.4 is 0 Å². The summed E-state index contributed by atoms with van der Waals surface area (Å²) in [5, 5.41) is -0.452. The molecule has 0 aliphatic rings.